The summed E-state index contributed by atoms with van der Waals surface area (Å²) in [6, 6.07) is 0. The maximum absolute atomic E-state index is 10.0. The second kappa shape index (κ2) is 2.38. The Morgan fingerprint density at radius 3 is 2.85 bits per heavy atom. The number of hydrogen-bond donors (Lipinski definition) is 1. The van der Waals surface area contributed by atoms with E-state index in [1.54, 1.807) is 5.57 Å². The van der Waals surface area contributed by atoms with E-state index < -0.39 is 0 Å². The Morgan fingerprint density at radius 1 is 1.31 bits per heavy atom. The van der Waals surface area contributed by atoms with Gasteiger partial charge in [-0.05, 0) is 49.4 Å². The van der Waals surface area contributed by atoms with E-state index in [-0.39, 0.29) is 6.10 Å². The highest BCUT2D eigenvalue weighted by molar-refractivity contribution is 5.22. The molecule has 0 spiro atoms. The summed E-state index contributed by atoms with van der Waals surface area (Å²) in [6.45, 7) is 4.49. The number of fused-ring (bicyclic) bond motifs is 5. The van der Waals surface area contributed by atoms with Gasteiger partial charge in [0.25, 0.3) is 0 Å². The first kappa shape index (κ1) is 8.05. The van der Waals surface area contributed by atoms with Crippen LogP contribution in [0.3, 0.4) is 0 Å². The average molecular weight is 178 g/mol. The largest absolute Gasteiger partial charge is 0.393 e. The fourth-order valence-corrected chi connectivity index (χ4v) is 4.27. The van der Waals surface area contributed by atoms with Crippen LogP contribution in [0, 0.1) is 29.6 Å². The van der Waals surface area contributed by atoms with Crippen LogP contribution in [-0.4, -0.2) is 11.2 Å². The fraction of sp³-hybridized carbons (Fsp3) is 0.833. The summed E-state index contributed by atoms with van der Waals surface area (Å²) in [6.07, 6.45) is 4.98. The summed E-state index contributed by atoms with van der Waals surface area (Å²) >= 11 is 0. The highest BCUT2D eigenvalue weighted by Gasteiger charge is 2.57. The zero-order valence-corrected chi connectivity index (χ0v) is 8.40. The first-order valence-electron chi connectivity index (χ1n) is 5.55. The molecule has 1 heteroatoms. The van der Waals surface area contributed by atoms with Crippen LogP contribution in [0.5, 0.6) is 0 Å². The predicted octanol–water partition coefficient (Wildman–Crippen LogP) is 2.22. The molecule has 0 radical (unpaired) electrons. The molecule has 3 rings (SSSR count). The Hall–Kier alpha value is -0.300. The van der Waals surface area contributed by atoms with Gasteiger partial charge in [0.05, 0.1) is 6.10 Å². The van der Waals surface area contributed by atoms with Gasteiger partial charge in [-0.15, -0.1) is 0 Å². The third-order valence-corrected chi connectivity index (χ3v) is 4.91. The minimum Gasteiger partial charge on any atom is -0.393 e. The van der Waals surface area contributed by atoms with Crippen molar-refractivity contribution >= 4 is 0 Å². The van der Waals surface area contributed by atoms with Crippen molar-refractivity contribution in [1.82, 2.24) is 0 Å². The SMILES string of the molecule is CC1=CC[C@H]2[C@@H]3C[C@@H]([C@H](O)[C@H]3C)[C@H]12. The third-order valence-electron chi connectivity index (χ3n) is 4.91. The van der Waals surface area contributed by atoms with Gasteiger partial charge < -0.3 is 5.11 Å². The molecule has 2 bridgehead atoms. The van der Waals surface area contributed by atoms with Crippen molar-refractivity contribution in [3.8, 4) is 0 Å². The fourth-order valence-electron chi connectivity index (χ4n) is 4.27. The predicted molar refractivity (Wildman–Crippen MR) is 52.1 cm³/mol. The number of hydrogen-bond acceptors (Lipinski definition) is 1. The molecule has 0 aromatic carbocycles. The van der Waals surface area contributed by atoms with E-state index in [2.05, 4.69) is 19.9 Å². The lowest BCUT2D eigenvalue weighted by atomic mass is 9.73. The van der Waals surface area contributed by atoms with Crippen molar-refractivity contribution in [3.05, 3.63) is 11.6 Å². The second-order valence-corrected chi connectivity index (χ2v) is 5.29. The molecule has 3 aliphatic carbocycles. The van der Waals surface area contributed by atoms with Crippen molar-refractivity contribution in [2.24, 2.45) is 29.6 Å². The van der Waals surface area contributed by atoms with E-state index in [4.69, 9.17) is 0 Å². The molecule has 0 saturated heterocycles. The van der Waals surface area contributed by atoms with Crippen LogP contribution < -0.4 is 0 Å². The molecule has 0 unspecified atom stereocenters. The lowest BCUT2D eigenvalue weighted by molar-refractivity contribution is 0.0263. The first-order chi connectivity index (χ1) is 6.20. The highest BCUT2D eigenvalue weighted by Crippen LogP contribution is 2.60. The lowest BCUT2D eigenvalue weighted by Gasteiger charge is -2.34. The smallest absolute Gasteiger partial charge is 0.0602 e. The van der Waals surface area contributed by atoms with Gasteiger partial charge in [-0.25, -0.2) is 0 Å². The molecule has 1 nitrogen and oxygen atoms in total. The van der Waals surface area contributed by atoms with Gasteiger partial charge in [0.2, 0.25) is 0 Å². The van der Waals surface area contributed by atoms with Crippen molar-refractivity contribution < 1.29 is 5.11 Å². The Kier molecular flexibility index (Phi) is 1.48. The van der Waals surface area contributed by atoms with Crippen LogP contribution in [0.2, 0.25) is 0 Å². The summed E-state index contributed by atoms with van der Waals surface area (Å²) < 4.78 is 0. The van der Waals surface area contributed by atoms with Crippen LogP contribution in [0.25, 0.3) is 0 Å². The van der Waals surface area contributed by atoms with Crippen LogP contribution in [-0.2, 0) is 0 Å². The van der Waals surface area contributed by atoms with E-state index in [1.165, 1.54) is 12.8 Å². The number of aliphatic hydroxyl groups excluding tert-OH is 1. The molecule has 2 fully saturated rings. The van der Waals surface area contributed by atoms with Gasteiger partial charge in [-0.1, -0.05) is 18.6 Å². The minimum absolute atomic E-state index is 0.00676. The second-order valence-electron chi connectivity index (χ2n) is 5.29. The Labute approximate surface area is 79.8 Å². The lowest BCUT2D eigenvalue weighted by Crippen LogP contribution is -2.35. The highest BCUT2D eigenvalue weighted by atomic mass is 16.3. The van der Waals surface area contributed by atoms with E-state index >= 15 is 0 Å². The third kappa shape index (κ3) is 0.817. The van der Waals surface area contributed by atoms with Gasteiger partial charge in [-0.2, -0.15) is 0 Å². The molecule has 3 aliphatic rings. The van der Waals surface area contributed by atoms with Gasteiger partial charge in [0.1, 0.15) is 0 Å². The Balaban J connectivity index is 1.96. The summed E-state index contributed by atoms with van der Waals surface area (Å²) in [4.78, 5) is 0. The van der Waals surface area contributed by atoms with E-state index in [0.717, 1.165) is 17.8 Å². The standard InChI is InChI=1S/C12H18O/c1-6-3-4-8-9-5-10(11(6)8)12(13)7(9)2/h3,7-13H,4-5H2,1-2H3/t7-,8-,9+,10+,11+,12+/m0/s1. The Bertz CT molecular complexity index is 268. The van der Waals surface area contributed by atoms with E-state index in [0.29, 0.717) is 11.8 Å². The molecule has 0 aromatic heterocycles. The monoisotopic (exact) mass is 178 g/mol. The van der Waals surface area contributed by atoms with Crippen LogP contribution >= 0.6 is 0 Å². The Morgan fingerprint density at radius 2 is 2.08 bits per heavy atom. The summed E-state index contributed by atoms with van der Waals surface area (Å²) in [5.41, 5.74) is 1.56. The van der Waals surface area contributed by atoms with Crippen molar-refractivity contribution in [2.75, 3.05) is 0 Å². The molecule has 1 N–H and O–H groups in total. The maximum Gasteiger partial charge on any atom is 0.0602 e. The molecular formula is C12H18O. The van der Waals surface area contributed by atoms with Crippen LogP contribution in [0.4, 0.5) is 0 Å². The quantitative estimate of drug-likeness (QED) is 0.564. The summed E-state index contributed by atoms with van der Waals surface area (Å²) in [5.74, 6) is 3.62. The zero-order chi connectivity index (χ0) is 9.16. The molecule has 6 atom stereocenters. The molecule has 0 amide bonds. The molecule has 0 heterocycles. The van der Waals surface area contributed by atoms with Crippen molar-refractivity contribution in [2.45, 2.75) is 32.8 Å². The molecule has 0 aliphatic heterocycles. The molecule has 0 aromatic rings. The molecule has 13 heavy (non-hydrogen) atoms. The zero-order valence-electron chi connectivity index (χ0n) is 8.40. The van der Waals surface area contributed by atoms with Crippen LogP contribution in [0.1, 0.15) is 26.7 Å². The van der Waals surface area contributed by atoms with Crippen molar-refractivity contribution in [3.63, 3.8) is 0 Å². The average Bonchev–Trinajstić information content (AvgIpc) is 2.70. The normalized spacial score (nSPS) is 58.2. The van der Waals surface area contributed by atoms with E-state index in [9.17, 15) is 5.11 Å². The number of aliphatic hydroxyl groups is 1. The first-order valence-corrected chi connectivity index (χ1v) is 5.55. The minimum atomic E-state index is -0.00676. The molecule has 2 saturated carbocycles. The topological polar surface area (TPSA) is 20.2 Å². The summed E-state index contributed by atoms with van der Waals surface area (Å²) in [7, 11) is 0. The van der Waals surface area contributed by atoms with Crippen LogP contribution in [0.15, 0.2) is 11.6 Å². The van der Waals surface area contributed by atoms with Gasteiger partial charge >= 0.3 is 0 Å². The van der Waals surface area contributed by atoms with Gasteiger partial charge in [0, 0.05) is 0 Å². The number of allylic oxidation sites excluding steroid dienone is 2. The van der Waals surface area contributed by atoms with Gasteiger partial charge in [0.15, 0.2) is 0 Å². The molecular weight excluding hydrogens is 160 g/mol. The van der Waals surface area contributed by atoms with Gasteiger partial charge in [-0.3, -0.25) is 0 Å². The molecule has 72 valence electrons. The number of rotatable bonds is 0. The summed E-state index contributed by atoms with van der Waals surface area (Å²) in [5, 5.41) is 10.0. The van der Waals surface area contributed by atoms with E-state index in [1.807, 2.05) is 0 Å². The van der Waals surface area contributed by atoms with Crippen molar-refractivity contribution in [1.29, 1.82) is 0 Å². The maximum atomic E-state index is 10.0.